The smallest absolute Gasteiger partial charge is 0.410 e. The molecule has 1 amide bonds. The van der Waals surface area contributed by atoms with Gasteiger partial charge in [0.25, 0.3) is 5.56 Å². The first-order valence-electron chi connectivity index (χ1n) is 9.28. The maximum atomic E-state index is 12.7. The Morgan fingerprint density at radius 2 is 1.96 bits per heavy atom. The average molecular weight is 373 g/mol. The van der Waals surface area contributed by atoms with E-state index >= 15 is 0 Å². The molecule has 0 saturated carbocycles. The number of nitrogens with zero attached hydrogens (tertiary/aromatic N) is 3. The van der Waals surface area contributed by atoms with Crippen molar-refractivity contribution in [1.29, 1.82) is 0 Å². The lowest BCUT2D eigenvalue weighted by atomic mass is 9.97. The van der Waals surface area contributed by atoms with Crippen LogP contribution in [0.3, 0.4) is 0 Å². The van der Waals surface area contributed by atoms with Crippen molar-refractivity contribution in [2.45, 2.75) is 45.8 Å². The van der Waals surface area contributed by atoms with Crippen molar-refractivity contribution in [1.82, 2.24) is 14.5 Å². The number of fused-ring (bicyclic) bond motifs is 1. The zero-order valence-corrected chi connectivity index (χ0v) is 16.4. The number of benzene rings is 1. The van der Waals surface area contributed by atoms with Crippen molar-refractivity contribution in [3.8, 4) is 5.75 Å². The molecule has 1 aliphatic rings. The highest BCUT2D eigenvalue weighted by Crippen LogP contribution is 2.21. The number of amides is 1. The summed E-state index contributed by atoms with van der Waals surface area (Å²) in [5.74, 6) is 1.01. The van der Waals surface area contributed by atoms with E-state index < -0.39 is 5.60 Å². The molecule has 3 rings (SSSR count). The first-order chi connectivity index (χ1) is 12.8. The predicted molar refractivity (Wildman–Crippen MR) is 103 cm³/mol. The van der Waals surface area contributed by atoms with Gasteiger partial charge >= 0.3 is 6.09 Å². The summed E-state index contributed by atoms with van der Waals surface area (Å²) in [6.07, 6.45) is 3.02. The molecule has 0 spiro atoms. The van der Waals surface area contributed by atoms with Gasteiger partial charge in [-0.2, -0.15) is 0 Å². The Balaban J connectivity index is 1.64. The van der Waals surface area contributed by atoms with Crippen molar-refractivity contribution >= 4 is 17.0 Å². The van der Waals surface area contributed by atoms with Crippen LogP contribution in [0.4, 0.5) is 4.79 Å². The summed E-state index contributed by atoms with van der Waals surface area (Å²) in [6.45, 7) is 7.50. The summed E-state index contributed by atoms with van der Waals surface area (Å²) >= 11 is 0. The number of likely N-dealkylation sites (tertiary alicyclic amines) is 1. The molecule has 0 N–H and O–H groups in total. The summed E-state index contributed by atoms with van der Waals surface area (Å²) in [7, 11) is 1.59. The molecule has 0 unspecified atom stereocenters. The van der Waals surface area contributed by atoms with E-state index in [4.69, 9.17) is 9.47 Å². The van der Waals surface area contributed by atoms with Gasteiger partial charge in [-0.3, -0.25) is 9.36 Å². The zero-order valence-electron chi connectivity index (χ0n) is 16.4. The van der Waals surface area contributed by atoms with Crippen LogP contribution in [0.2, 0.25) is 0 Å². The van der Waals surface area contributed by atoms with Crippen molar-refractivity contribution in [3.05, 3.63) is 34.9 Å². The van der Waals surface area contributed by atoms with Gasteiger partial charge in [-0.25, -0.2) is 9.78 Å². The Bertz CT molecular complexity index is 877. The Kier molecular flexibility index (Phi) is 5.39. The van der Waals surface area contributed by atoms with Gasteiger partial charge in [-0.1, -0.05) is 0 Å². The van der Waals surface area contributed by atoms with Crippen LogP contribution in [0.5, 0.6) is 5.75 Å². The van der Waals surface area contributed by atoms with Crippen LogP contribution >= 0.6 is 0 Å². The van der Waals surface area contributed by atoms with Crippen LogP contribution in [0.1, 0.15) is 33.6 Å². The van der Waals surface area contributed by atoms with Crippen molar-refractivity contribution in [2.75, 3.05) is 20.2 Å². The van der Waals surface area contributed by atoms with E-state index in [9.17, 15) is 9.59 Å². The molecule has 1 saturated heterocycles. The van der Waals surface area contributed by atoms with Gasteiger partial charge in [0.05, 0.1) is 24.3 Å². The lowest BCUT2D eigenvalue weighted by Gasteiger charge is -2.33. The van der Waals surface area contributed by atoms with E-state index in [1.54, 1.807) is 41.1 Å². The molecule has 146 valence electrons. The number of carbonyl (C=O) groups excluding carboxylic acids is 1. The molecule has 1 fully saturated rings. The number of carbonyl (C=O) groups is 1. The average Bonchev–Trinajstić information content (AvgIpc) is 2.63. The highest BCUT2D eigenvalue weighted by molar-refractivity contribution is 5.78. The highest BCUT2D eigenvalue weighted by Gasteiger charge is 2.27. The molecule has 0 radical (unpaired) electrons. The molecule has 1 aromatic carbocycles. The molecule has 2 heterocycles. The molecular formula is C20H27N3O4. The lowest BCUT2D eigenvalue weighted by Crippen LogP contribution is -2.42. The Morgan fingerprint density at radius 1 is 1.26 bits per heavy atom. The van der Waals surface area contributed by atoms with Gasteiger partial charge in [0.15, 0.2) is 0 Å². The standard InChI is InChI=1S/C20H27N3O4/c1-20(2,3)27-19(25)22-9-7-14(8-10-22)12-23-13-21-17-11-15(26-4)5-6-16(17)18(23)24/h5-6,11,13-14H,7-10,12H2,1-4H3. The minimum absolute atomic E-state index is 0.0442. The maximum Gasteiger partial charge on any atom is 0.410 e. The second-order valence-corrected chi connectivity index (χ2v) is 8.00. The van der Waals surface area contributed by atoms with Gasteiger partial charge in [0, 0.05) is 25.7 Å². The number of rotatable bonds is 3. The number of ether oxygens (including phenoxy) is 2. The third kappa shape index (κ3) is 4.59. The normalized spacial score (nSPS) is 15.8. The number of aromatic nitrogens is 2. The van der Waals surface area contributed by atoms with Gasteiger partial charge in [-0.05, 0) is 51.7 Å². The van der Waals surface area contributed by atoms with Crippen molar-refractivity contribution in [2.24, 2.45) is 5.92 Å². The molecule has 7 nitrogen and oxygen atoms in total. The van der Waals surface area contributed by atoms with Crippen LogP contribution in [-0.4, -0.2) is 46.3 Å². The molecule has 7 heteroatoms. The van der Waals surface area contributed by atoms with Crippen LogP contribution < -0.4 is 10.3 Å². The van der Waals surface area contributed by atoms with Gasteiger partial charge in [0.1, 0.15) is 11.4 Å². The molecule has 1 aromatic heterocycles. The van der Waals surface area contributed by atoms with Crippen LogP contribution in [0.25, 0.3) is 10.9 Å². The van der Waals surface area contributed by atoms with Crippen molar-refractivity contribution < 1.29 is 14.3 Å². The van der Waals surface area contributed by atoms with Gasteiger partial charge < -0.3 is 14.4 Å². The number of hydrogen-bond acceptors (Lipinski definition) is 5. The molecular weight excluding hydrogens is 346 g/mol. The summed E-state index contributed by atoms with van der Waals surface area (Å²) in [5, 5.41) is 0.587. The van der Waals surface area contributed by atoms with Gasteiger partial charge in [-0.15, -0.1) is 0 Å². The van der Waals surface area contributed by atoms with Crippen molar-refractivity contribution in [3.63, 3.8) is 0 Å². The largest absolute Gasteiger partial charge is 0.497 e. The number of piperidine rings is 1. The summed E-state index contributed by atoms with van der Waals surface area (Å²) < 4.78 is 12.3. The fraction of sp³-hybridized carbons (Fsp3) is 0.550. The first-order valence-corrected chi connectivity index (χ1v) is 9.28. The van der Waals surface area contributed by atoms with E-state index in [0.29, 0.717) is 42.2 Å². The predicted octanol–water partition coefficient (Wildman–Crippen LogP) is 3.05. The minimum Gasteiger partial charge on any atom is -0.497 e. The Labute approximate surface area is 158 Å². The molecule has 2 aromatic rings. The lowest BCUT2D eigenvalue weighted by molar-refractivity contribution is 0.0178. The van der Waals surface area contributed by atoms with E-state index in [1.807, 2.05) is 20.8 Å². The first kappa shape index (κ1) is 19.2. The maximum absolute atomic E-state index is 12.7. The third-order valence-corrected chi connectivity index (χ3v) is 4.75. The summed E-state index contributed by atoms with van der Waals surface area (Å²) in [5.41, 5.74) is 0.105. The second-order valence-electron chi connectivity index (χ2n) is 8.00. The van der Waals surface area contributed by atoms with E-state index in [0.717, 1.165) is 12.8 Å². The summed E-state index contributed by atoms with van der Waals surface area (Å²) in [4.78, 5) is 31.0. The van der Waals surface area contributed by atoms with E-state index in [2.05, 4.69) is 4.98 Å². The molecule has 0 bridgehead atoms. The third-order valence-electron chi connectivity index (χ3n) is 4.75. The fourth-order valence-corrected chi connectivity index (χ4v) is 3.30. The topological polar surface area (TPSA) is 73.7 Å². The van der Waals surface area contributed by atoms with Crippen LogP contribution in [0.15, 0.2) is 29.3 Å². The molecule has 27 heavy (non-hydrogen) atoms. The monoisotopic (exact) mass is 373 g/mol. The van der Waals surface area contributed by atoms with Crippen LogP contribution in [0, 0.1) is 5.92 Å². The highest BCUT2D eigenvalue weighted by atomic mass is 16.6. The summed E-state index contributed by atoms with van der Waals surface area (Å²) in [6, 6.07) is 5.29. The van der Waals surface area contributed by atoms with Gasteiger partial charge in [0.2, 0.25) is 0 Å². The molecule has 0 atom stereocenters. The van der Waals surface area contributed by atoms with E-state index in [1.165, 1.54) is 0 Å². The number of methoxy groups -OCH3 is 1. The Hall–Kier alpha value is -2.57. The SMILES string of the molecule is COc1ccc2c(=O)n(CC3CCN(C(=O)OC(C)(C)C)CC3)cnc2c1. The Morgan fingerprint density at radius 3 is 2.59 bits per heavy atom. The second kappa shape index (κ2) is 7.58. The molecule has 0 aliphatic carbocycles. The minimum atomic E-state index is -0.485. The van der Waals surface area contributed by atoms with E-state index in [-0.39, 0.29) is 11.7 Å². The number of hydrogen-bond donors (Lipinski definition) is 0. The zero-order chi connectivity index (χ0) is 19.6. The molecule has 1 aliphatic heterocycles. The quantitative estimate of drug-likeness (QED) is 0.827. The van der Waals surface area contributed by atoms with Crippen LogP contribution in [-0.2, 0) is 11.3 Å². The fourth-order valence-electron chi connectivity index (χ4n) is 3.30.